The normalized spacial score (nSPS) is 10.8. The molecular weight excluding hydrogens is 350 g/mol. The second-order valence-corrected chi connectivity index (χ2v) is 6.44. The van der Waals surface area contributed by atoms with E-state index < -0.39 is 0 Å². The first-order valence-corrected chi connectivity index (χ1v) is 8.09. The molecule has 1 aromatic heterocycles. The van der Waals surface area contributed by atoms with Crippen molar-refractivity contribution < 1.29 is 4.79 Å². The number of thiophene rings is 1. The molecular formula is C15H16BrN3OS. The lowest BCUT2D eigenvalue weighted by Gasteiger charge is -2.11. The number of aryl methyl sites for hydroxylation is 2. The van der Waals surface area contributed by atoms with Gasteiger partial charge in [0.25, 0.3) is 5.91 Å². The predicted molar refractivity (Wildman–Crippen MR) is 92.2 cm³/mol. The third kappa shape index (κ3) is 4.68. The van der Waals surface area contributed by atoms with Gasteiger partial charge in [-0.1, -0.05) is 18.2 Å². The number of amides is 1. The first-order valence-electron chi connectivity index (χ1n) is 6.42. The van der Waals surface area contributed by atoms with Gasteiger partial charge in [0.15, 0.2) is 0 Å². The van der Waals surface area contributed by atoms with Crippen LogP contribution in [0.5, 0.6) is 0 Å². The Morgan fingerprint density at radius 2 is 2.10 bits per heavy atom. The van der Waals surface area contributed by atoms with E-state index in [2.05, 4.69) is 31.8 Å². The number of para-hydroxylation sites is 1. The Kier molecular flexibility index (Phi) is 5.52. The summed E-state index contributed by atoms with van der Waals surface area (Å²) in [6.07, 6.45) is 1.63. The molecule has 21 heavy (non-hydrogen) atoms. The molecule has 0 spiro atoms. The number of hydrogen-bond acceptors (Lipinski definition) is 4. The number of anilines is 1. The third-order valence-corrected chi connectivity index (χ3v) is 4.50. The van der Waals surface area contributed by atoms with Crippen LogP contribution in [0.3, 0.4) is 0 Å². The fraction of sp³-hybridized carbons (Fsp3) is 0.200. The van der Waals surface area contributed by atoms with Gasteiger partial charge in [0.2, 0.25) is 0 Å². The summed E-state index contributed by atoms with van der Waals surface area (Å²) in [6, 6.07) is 7.97. The molecule has 0 radical (unpaired) electrons. The SMILES string of the molecule is Cc1cccc(C)c1NCC(=O)N/N=C\c1cc(Br)cs1. The Hall–Kier alpha value is -1.66. The summed E-state index contributed by atoms with van der Waals surface area (Å²) < 4.78 is 1.01. The molecule has 1 amide bonds. The largest absolute Gasteiger partial charge is 0.376 e. The molecule has 1 aromatic carbocycles. The van der Waals surface area contributed by atoms with Crippen molar-refractivity contribution >= 4 is 45.1 Å². The molecule has 2 aromatic rings. The zero-order valence-electron chi connectivity index (χ0n) is 11.8. The smallest absolute Gasteiger partial charge is 0.259 e. The molecule has 1 heterocycles. The summed E-state index contributed by atoms with van der Waals surface area (Å²) in [4.78, 5) is 12.7. The van der Waals surface area contributed by atoms with Crippen LogP contribution in [0.1, 0.15) is 16.0 Å². The first-order chi connectivity index (χ1) is 10.1. The molecule has 0 bridgehead atoms. The van der Waals surface area contributed by atoms with E-state index in [9.17, 15) is 4.79 Å². The van der Waals surface area contributed by atoms with Crippen LogP contribution in [0.15, 0.2) is 39.2 Å². The minimum atomic E-state index is -0.176. The molecule has 0 fully saturated rings. The van der Waals surface area contributed by atoms with Gasteiger partial charge in [0, 0.05) is 20.4 Å². The molecule has 0 aliphatic rings. The Labute approximate surface area is 136 Å². The Morgan fingerprint density at radius 3 is 2.71 bits per heavy atom. The van der Waals surface area contributed by atoms with Crippen molar-refractivity contribution in [2.45, 2.75) is 13.8 Å². The van der Waals surface area contributed by atoms with Crippen molar-refractivity contribution in [2.24, 2.45) is 5.10 Å². The fourth-order valence-corrected chi connectivity index (χ4v) is 3.17. The number of hydrazone groups is 1. The minimum Gasteiger partial charge on any atom is -0.376 e. The summed E-state index contributed by atoms with van der Waals surface area (Å²) in [6.45, 7) is 4.22. The molecule has 0 saturated heterocycles. The molecule has 110 valence electrons. The van der Waals surface area contributed by atoms with E-state index in [1.54, 1.807) is 17.6 Å². The van der Waals surface area contributed by atoms with Crippen molar-refractivity contribution in [2.75, 3.05) is 11.9 Å². The van der Waals surface area contributed by atoms with E-state index in [-0.39, 0.29) is 12.5 Å². The van der Waals surface area contributed by atoms with E-state index in [4.69, 9.17) is 0 Å². The zero-order chi connectivity index (χ0) is 15.2. The second kappa shape index (κ2) is 7.38. The maximum absolute atomic E-state index is 11.7. The number of halogens is 1. The number of nitrogens with zero attached hydrogens (tertiary/aromatic N) is 1. The van der Waals surface area contributed by atoms with Crippen molar-refractivity contribution in [1.82, 2.24) is 5.43 Å². The highest BCUT2D eigenvalue weighted by Crippen LogP contribution is 2.19. The molecule has 0 aliphatic carbocycles. The van der Waals surface area contributed by atoms with E-state index in [0.717, 1.165) is 26.2 Å². The van der Waals surface area contributed by atoms with Gasteiger partial charge in [-0.05, 0) is 47.0 Å². The highest BCUT2D eigenvalue weighted by Gasteiger charge is 2.04. The summed E-state index contributed by atoms with van der Waals surface area (Å²) in [5.41, 5.74) is 5.75. The Bertz CT molecular complexity index is 646. The summed E-state index contributed by atoms with van der Waals surface area (Å²) in [5, 5.41) is 9.04. The molecule has 0 unspecified atom stereocenters. The lowest BCUT2D eigenvalue weighted by Crippen LogP contribution is -2.26. The average Bonchev–Trinajstić information content (AvgIpc) is 2.84. The third-order valence-electron chi connectivity index (χ3n) is 2.88. The summed E-state index contributed by atoms with van der Waals surface area (Å²) >= 11 is 4.92. The van der Waals surface area contributed by atoms with Gasteiger partial charge in [-0.3, -0.25) is 4.79 Å². The second-order valence-electron chi connectivity index (χ2n) is 4.58. The van der Waals surface area contributed by atoms with Gasteiger partial charge < -0.3 is 5.32 Å². The zero-order valence-corrected chi connectivity index (χ0v) is 14.2. The van der Waals surface area contributed by atoms with Crippen LogP contribution in [-0.4, -0.2) is 18.7 Å². The molecule has 0 saturated carbocycles. The lowest BCUT2D eigenvalue weighted by atomic mass is 10.1. The molecule has 4 nitrogen and oxygen atoms in total. The topological polar surface area (TPSA) is 53.5 Å². The number of carbonyl (C=O) groups is 1. The predicted octanol–water partition coefficient (Wildman–Crippen LogP) is 3.69. The molecule has 2 N–H and O–H groups in total. The maximum Gasteiger partial charge on any atom is 0.259 e. The number of benzene rings is 1. The van der Waals surface area contributed by atoms with Gasteiger partial charge in [-0.25, -0.2) is 5.43 Å². The maximum atomic E-state index is 11.7. The van der Waals surface area contributed by atoms with Crippen LogP contribution < -0.4 is 10.7 Å². The standard InChI is InChI=1S/C15H16BrN3OS/c1-10-4-3-5-11(2)15(10)17-8-14(20)19-18-7-13-6-12(16)9-21-13/h3-7,9,17H,8H2,1-2H3,(H,19,20)/b18-7-. The van der Waals surface area contributed by atoms with Crippen LogP contribution in [0.4, 0.5) is 5.69 Å². The van der Waals surface area contributed by atoms with E-state index in [1.165, 1.54) is 0 Å². The summed E-state index contributed by atoms with van der Waals surface area (Å²) in [5.74, 6) is -0.176. The quantitative estimate of drug-likeness (QED) is 0.626. The number of rotatable bonds is 5. The Balaban J connectivity index is 1.84. The molecule has 0 aliphatic heterocycles. The number of carbonyl (C=O) groups excluding carboxylic acids is 1. The number of hydrogen-bond donors (Lipinski definition) is 2. The monoisotopic (exact) mass is 365 g/mol. The highest BCUT2D eigenvalue weighted by atomic mass is 79.9. The molecule has 0 atom stereocenters. The van der Waals surface area contributed by atoms with E-state index in [0.29, 0.717) is 0 Å². The van der Waals surface area contributed by atoms with Crippen molar-refractivity contribution in [3.8, 4) is 0 Å². The van der Waals surface area contributed by atoms with Crippen molar-refractivity contribution in [3.63, 3.8) is 0 Å². The molecule has 6 heteroatoms. The van der Waals surface area contributed by atoms with Crippen LogP contribution in [0.25, 0.3) is 0 Å². The first kappa shape index (κ1) is 15.7. The van der Waals surface area contributed by atoms with Gasteiger partial charge in [0.1, 0.15) is 0 Å². The van der Waals surface area contributed by atoms with Gasteiger partial charge >= 0.3 is 0 Å². The van der Waals surface area contributed by atoms with Crippen LogP contribution in [-0.2, 0) is 4.79 Å². The van der Waals surface area contributed by atoms with Gasteiger partial charge in [0.05, 0.1) is 12.8 Å². The van der Waals surface area contributed by atoms with Gasteiger partial charge in [-0.2, -0.15) is 5.10 Å². The van der Waals surface area contributed by atoms with Crippen molar-refractivity contribution in [3.05, 3.63) is 50.1 Å². The Morgan fingerprint density at radius 1 is 1.38 bits per heavy atom. The van der Waals surface area contributed by atoms with E-state index in [1.807, 2.05) is 43.5 Å². The van der Waals surface area contributed by atoms with Crippen molar-refractivity contribution in [1.29, 1.82) is 0 Å². The average molecular weight is 366 g/mol. The van der Waals surface area contributed by atoms with E-state index >= 15 is 0 Å². The number of nitrogens with one attached hydrogen (secondary N) is 2. The molecule has 2 rings (SSSR count). The summed E-state index contributed by atoms with van der Waals surface area (Å²) in [7, 11) is 0. The van der Waals surface area contributed by atoms with Crippen LogP contribution in [0, 0.1) is 13.8 Å². The van der Waals surface area contributed by atoms with Gasteiger partial charge in [-0.15, -0.1) is 11.3 Å². The minimum absolute atomic E-state index is 0.176. The van der Waals surface area contributed by atoms with Crippen LogP contribution >= 0.6 is 27.3 Å². The van der Waals surface area contributed by atoms with Crippen LogP contribution in [0.2, 0.25) is 0 Å². The lowest BCUT2D eigenvalue weighted by molar-refractivity contribution is -0.119. The fourth-order valence-electron chi connectivity index (χ4n) is 1.87. The highest BCUT2D eigenvalue weighted by molar-refractivity contribution is 9.10.